The molecule has 1 saturated heterocycles. The highest BCUT2D eigenvalue weighted by Gasteiger charge is 2.47. The van der Waals surface area contributed by atoms with E-state index in [2.05, 4.69) is 6.58 Å². The van der Waals surface area contributed by atoms with E-state index in [4.69, 9.17) is 4.74 Å². The van der Waals surface area contributed by atoms with Crippen LogP contribution in [0.2, 0.25) is 0 Å². The van der Waals surface area contributed by atoms with E-state index in [0.29, 0.717) is 11.8 Å². The van der Waals surface area contributed by atoms with Gasteiger partial charge in [0.15, 0.2) is 0 Å². The zero-order valence-corrected chi connectivity index (χ0v) is 9.08. The molecule has 0 aromatic rings. The largest absolute Gasteiger partial charge is 0.458 e. The monoisotopic (exact) mass is 206 g/mol. The molecule has 15 heavy (non-hydrogen) atoms. The van der Waals surface area contributed by atoms with Gasteiger partial charge in [0.2, 0.25) is 0 Å². The molecule has 0 N–H and O–H groups in total. The van der Waals surface area contributed by atoms with Gasteiger partial charge >= 0.3 is 5.97 Å². The molecule has 2 heteroatoms. The van der Waals surface area contributed by atoms with Crippen LogP contribution in [-0.4, -0.2) is 12.1 Å². The van der Waals surface area contributed by atoms with Gasteiger partial charge in [-0.15, -0.1) is 0 Å². The Kier molecular flexibility index (Phi) is 2.11. The molecule has 1 aliphatic heterocycles. The summed E-state index contributed by atoms with van der Waals surface area (Å²) in [5.74, 6) is 1.67. The maximum Gasteiger partial charge on any atom is 0.334 e. The molecule has 0 unspecified atom stereocenters. The van der Waals surface area contributed by atoms with Crippen LogP contribution in [0, 0.1) is 17.8 Å². The number of hydrogen-bond donors (Lipinski definition) is 0. The summed E-state index contributed by atoms with van der Waals surface area (Å²) in [4.78, 5) is 11.5. The van der Waals surface area contributed by atoms with Gasteiger partial charge in [0.05, 0.1) is 0 Å². The summed E-state index contributed by atoms with van der Waals surface area (Å²) in [6.07, 6.45) is 7.80. The molecule has 2 saturated carbocycles. The maximum atomic E-state index is 11.5. The van der Waals surface area contributed by atoms with Crippen molar-refractivity contribution in [3.05, 3.63) is 12.2 Å². The molecular weight excluding hydrogens is 188 g/mol. The molecule has 0 bridgehead atoms. The number of esters is 1. The van der Waals surface area contributed by atoms with Crippen LogP contribution < -0.4 is 0 Å². The van der Waals surface area contributed by atoms with E-state index in [1.165, 1.54) is 32.1 Å². The van der Waals surface area contributed by atoms with Crippen molar-refractivity contribution in [2.45, 2.75) is 44.6 Å². The Morgan fingerprint density at radius 3 is 2.67 bits per heavy atom. The van der Waals surface area contributed by atoms with Crippen molar-refractivity contribution >= 4 is 5.97 Å². The second-order valence-corrected chi connectivity index (χ2v) is 5.29. The van der Waals surface area contributed by atoms with Crippen LogP contribution in [0.15, 0.2) is 12.2 Å². The van der Waals surface area contributed by atoms with Gasteiger partial charge in [-0.1, -0.05) is 32.3 Å². The van der Waals surface area contributed by atoms with Crippen molar-refractivity contribution in [3.63, 3.8) is 0 Å². The average Bonchev–Trinajstić information content (AvgIpc) is 2.73. The minimum Gasteiger partial charge on any atom is -0.458 e. The number of hydrogen-bond acceptors (Lipinski definition) is 2. The summed E-state index contributed by atoms with van der Waals surface area (Å²) in [5.41, 5.74) is 0.743. The van der Waals surface area contributed by atoms with Gasteiger partial charge in [-0.25, -0.2) is 4.79 Å². The number of ether oxygens (including phenoxy) is 1. The number of carbonyl (C=O) groups excluding carboxylic acids is 1. The molecule has 2 aliphatic carbocycles. The van der Waals surface area contributed by atoms with Crippen molar-refractivity contribution in [2.75, 3.05) is 0 Å². The lowest BCUT2D eigenvalue weighted by Gasteiger charge is -2.24. The van der Waals surface area contributed by atoms with E-state index in [9.17, 15) is 4.79 Å². The summed E-state index contributed by atoms with van der Waals surface area (Å²) in [6, 6.07) is 0. The Bertz CT molecular complexity index is 308. The number of rotatable bonds is 0. The zero-order chi connectivity index (χ0) is 10.4. The highest BCUT2D eigenvalue weighted by molar-refractivity contribution is 5.90. The summed E-state index contributed by atoms with van der Waals surface area (Å²) >= 11 is 0. The first-order chi connectivity index (χ1) is 7.27. The number of fused-ring (bicyclic) bond motifs is 3. The first kappa shape index (κ1) is 9.44. The lowest BCUT2D eigenvalue weighted by Crippen LogP contribution is -2.27. The molecule has 0 aromatic heterocycles. The van der Waals surface area contributed by atoms with Gasteiger partial charge in [0.1, 0.15) is 6.10 Å². The normalized spacial score (nSPS) is 44.5. The lowest BCUT2D eigenvalue weighted by molar-refractivity contribution is -0.141. The molecule has 3 rings (SSSR count). The van der Waals surface area contributed by atoms with Gasteiger partial charge < -0.3 is 4.74 Å². The fourth-order valence-corrected chi connectivity index (χ4v) is 3.81. The minimum atomic E-state index is -0.127. The van der Waals surface area contributed by atoms with E-state index in [-0.39, 0.29) is 12.1 Å². The third-order valence-corrected chi connectivity index (χ3v) is 4.58. The second kappa shape index (κ2) is 3.36. The highest BCUT2D eigenvalue weighted by Crippen LogP contribution is 2.48. The predicted octanol–water partition coefficient (Wildman–Crippen LogP) is 2.68. The van der Waals surface area contributed by atoms with E-state index >= 15 is 0 Å². The topological polar surface area (TPSA) is 26.3 Å². The SMILES string of the molecule is C=C1C(=O)O[C@H]2[C@@H]3CCC[C@H]3CCC[C@H]12. The zero-order valence-electron chi connectivity index (χ0n) is 9.08. The Morgan fingerprint density at radius 1 is 1.13 bits per heavy atom. The van der Waals surface area contributed by atoms with Crippen LogP contribution in [0.4, 0.5) is 0 Å². The van der Waals surface area contributed by atoms with Crippen molar-refractivity contribution < 1.29 is 9.53 Å². The van der Waals surface area contributed by atoms with E-state index < -0.39 is 0 Å². The minimum absolute atomic E-state index is 0.127. The van der Waals surface area contributed by atoms with Crippen LogP contribution in [0.25, 0.3) is 0 Å². The molecule has 82 valence electrons. The van der Waals surface area contributed by atoms with Crippen LogP contribution in [-0.2, 0) is 9.53 Å². The maximum absolute atomic E-state index is 11.5. The molecule has 1 heterocycles. The van der Waals surface area contributed by atoms with Crippen molar-refractivity contribution in [1.29, 1.82) is 0 Å². The molecule has 0 radical (unpaired) electrons. The van der Waals surface area contributed by atoms with Gasteiger partial charge in [-0.05, 0) is 24.7 Å². The fraction of sp³-hybridized carbons (Fsp3) is 0.769. The molecule has 3 aliphatic rings. The third-order valence-electron chi connectivity index (χ3n) is 4.58. The van der Waals surface area contributed by atoms with Crippen molar-refractivity contribution in [2.24, 2.45) is 17.8 Å². The second-order valence-electron chi connectivity index (χ2n) is 5.29. The first-order valence-electron chi connectivity index (χ1n) is 6.17. The van der Waals surface area contributed by atoms with Crippen molar-refractivity contribution in [3.8, 4) is 0 Å². The summed E-state index contributed by atoms with van der Waals surface area (Å²) < 4.78 is 5.53. The Balaban J connectivity index is 1.89. The molecule has 2 nitrogen and oxygen atoms in total. The van der Waals surface area contributed by atoms with Gasteiger partial charge in [0.25, 0.3) is 0 Å². The summed E-state index contributed by atoms with van der Waals surface area (Å²) in [6.45, 7) is 3.90. The summed E-state index contributed by atoms with van der Waals surface area (Å²) in [7, 11) is 0. The van der Waals surface area contributed by atoms with E-state index in [0.717, 1.165) is 17.9 Å². The quantitative estimate of drug-likeness (QED) is 0.450. The Hall–Kier alpha value is -0.790. The van der Waals surface area contributed by atoms with Crippen LogP contribution >= 0.6 is 0 Å². The molecule has 0 amide bonds. The highest BCUT2D eigenvalue weighted by atomic mass is 16.6. The van der Waals surface area contributed by atoms with Gasteiger partial charge in [0, 0.05) is 11.5 Å². The average molecular weight is 206 g/mol. The Morgan fingerprint density at radius 2 is 1.87 bits per heavy atom. The molecule has 3 fully saturated rings. The van der Waals surface area contributed by atoms with Crippen LogP contribution in [0.5, 0.6) is 0 Å². The first-order valence-corrected chi connectivity index (χ1v) is 6.17. The molecular formula is C13H18O2. The van der Waals surface area contributed by atoms with E-state index in [1.807, 2.05) is 0 Å². The number of carbonyl (C=O) groups is 1. The van der Waals surface area contributed by atoms with Crippen LogP contribution in [0.3, 0.4) is 0 Å². The van der Waals surface area contributed by atoms with Crippen LogP contribution in [0.1, 0.15) is 38.5 Å². The summed E-state index contributed by atoms with van der Waals surface area (Å²) in [5, 5.41) is 0. The fourth-order valence-electron chi connectivity index (χ4n) is 3.81. The third kappa shape index (κ3) is 1.34. The molecule has 0 spiro atoms. The molecule has 0 aromatic carbocycles. The standard InChI is InChI=1S/C13H18O2/c1-8-10-6-2-4-9-5-3-7-11(9)12(10)15-13(8)14/h9-12H,1-7H2/t9-,10-,11-,12-/m1/s1. The van der Waals surface area contributed by atoms with E-state index in [1.54, 1.807) is 0 Å². The smallest absolute Gasteiger partial charge is 0.334 e. The van der Waals surface area contributed by atoms with Crippen molar-refractivity contribution in [1.82, 2.24) is 0 Å². The van der Waals surface area contributed by atoms with Gasteiger partial charge in [-0.2, -0.15) is 0 Å². The molecule has 4 atom stereocenters. The lowest BCUT2D eigenvalue weighted by atomic mass is 9.84. The predicted molar refractivity (Wildman–Crippen MR) is 57.2 cm³/mol. The van der Waals surface area contributed by atoms with Gasteiger partial charge in [-0.3, -0.25) is 0 Å². The Labute approximate surface area is 90.7 Å².